The molecule has 0 saturated heterocycles. The van der Waals surface area contributed by atoms with Crippen molar-refractivity contribution in [1.29, 1.82) is 0 Å². The van der Waals surface area contributed by atoms with E-state index in [0.29, 0.717) is 17.4 Å². The van der Waals surface area contributed by atoms with Gasteiger partial charge in [0.25, 0.3) is 0 Å². The molecular formula is C21H24N4O2. The van der Waals surface area contributed by atoms with Crippen molar-refractivity contribution in [2.24, 2.45) is 0 Å². The molecule has 0 amide bonds. The van der Waals surface area contributed by atoms with E-state index in [1.807, 2.05) is 37.3 Å². The number of methoxy groups -OCH3 is 2. The number of aryl methyl sites for hydroxylation is 3. The van der Waals surface area contributed by atoms with Crippen LogP contribution in [0.5, 0.6) is 11.5 Å². The minimum absolute atomic E-state index is 0.508. The van der Waals surface area contributed by atoms with Crippen molar-refractivity contribution in [2.75, 3.05) is 24.9 Å². The van der Waals surface area contributed by atoms with Crippen LogP contribution >= 0.6 is 0 Å². The zero-order valence-electron chi connectivity index (χ0n) is 16.3. The van der Waals surface area contributed by atoms with Gasteiger partial charge >= 0.3 is 0 Å². The van der Waals surface area contributed by atoms with Crippen molar-refractivity contribution in [2.45, 2.75) is 20.8 Å². The summed E-state index contributed by atoms with van der Waals surface area (Å²) in [6.45, 7) is 6.13. The van der Waals surface area contributed by atoms with E-state index >= 15 is 0 Å². The fourth-order valence-electron chi connectivity index (χ4n) is 2.70. The maximum atomic E-state index is 5.34. The Morgan fingerprint density at radius 3 is 2.11 bits per heavy atom. The quantitative estimate of drug-likeness (QED) is 0.648. The predicted molar refractivity (Wildman–Crippen MR) is 109 cm³/mol. The molecule has 0 radical (unpaired) electrons. The zero-order valence-corrected chi connectivity index (χ0v) is 16.3. The van der Waals surface area contributed by atoms with Gasteiger partial charge < -0.3 is 20.1 Å². The molecule has 27 heavy (non-hydrogen) atoms. The molecule has 6 nitrogen and oxygen atoms in total. The molecule has 3 aromatic rings. The van der Waals surface area contributed by atoms with Crippen LogP contribution in [-0.4, -0.2) is 24.2 Å². The monoisotopic (exact) mass is 364 g/mol. The van der Waals surface area contributed by atoms with E-state index in [0.717, 1.165) is 22.9 Å². The third-order valence-electron chi connectivity index (χ3n) is 4.27. The maximum Gasteiger partial charge on any atom is 0.229 e. The van der Waals surface area contributed by atoms with Gasteiger partial charge in [-0.1, -0.05) is 6.07 Å². The lowest BCUT2D eigenvalue weighted by Gasteiger charge is -2.13. The summed E-state index contributed by atoms with van der Waals surface area (Å²) in [5.74, 6) is 2.55. The van der Waals surface area contributed by atoms with E-state index < -0.39 is 0 Å². The Morgan fingerprint density at radius 2 is 1.41 bits per heavy atom. The summed E-state index contributed by atoms with van der Waals surface area (Å²) in [7, 11) is 3.22. The molecule has 0 atom stereocenters. The lowest BCUT2D eigenvalue weighted by atomic mass is 10.1. The Morgan fingerprint density at radius 1 is 0.704 bits per heavy atom. The molecule has 0 saturated carbocycles. The number of benzene rings is 2. The summed E-state index contributed by atoms with van der Waals surface area (Å²) in [6, 6.07) is 13.7. The first-order valence-electron chi connectivity index (χ1n) is 8.67. The van der Waals surface area contributed by atoms with Gasteiger partial charge in [-0.3, -0.25) is 0 Å². The number of hydrogen-bond donors (Lipinski definition) is 2. The molecule has 6 heteroatoms. The summed E-state index contributed by atoms with van der Waals surface area (Å²) >= 11 is 0. The molecule has 0 spiro atoms. The lowest BCUT2D eigenvalue weighted by molar-refractivity contribution is 0.355. The van der Waals surface area contributed by atoms with Gasteiger partial charge in [0.2, 0.25) is 5.95 Å². The van der Waals surface area contributed by atoms with Crippen LogP contribution in [0.25, 0.3) is 0 Å². The first-order chi connectivity index (χ1) is 13.0. The highest BCUT2D eigenvalue weighted by Crippen LogP contribution is 2.31. The summed E-state index contributed by atoms with van der Waals surface area (Å²) in [5.41, 5.74) is 5.16. The van der Waals surface area contributed by atoms with Crippen molar-refractivity contribution in [3.05, 3.63) is 59.3 Å². The molecule has 140 valence electrons. The largest absolute Gasteiger partial charge is 0.493 e. The van der Waals surface area contributed by atoms with Gasteiger partial charge in [0.05, 0.1) is 14.2 Å². The number of nitrogens with one attached hydrogen (secondary N) is 2. The van der Waals surface area contributed by atoms with Gasteiger partial charge in [-0.05, 0) is 56.2 Å². The van der Waals surface area contributed by atoms with Crippen molar-refractivity contribution < 1.29 is 9.47 Å². The summed E-state index contributed by atoms with van der Waals surface area (Å²) in [6.07, 6.45) is 0. The normalized spacial score (nSPS) is 10.4. The second-order valence-electron chi connectivity index (χ2n) is 6.34. The molecule has 2 N–H and O–H groups in total. The molecular weight excluding hydrogens is 340 g/mol. The standard InChI is InChI=1S/C21H24N4O2/c1-13-6-7-16(10-14(13)2)23-20-11-15(3)22-21(25-20)24-17-8-9-18(26-4)19(12-17)27-5/h6-12H,1-5H3,(H2,22,23,24,25). The number of nitrogens with zero attached hydrogens (tertiary/aromatic N) is 2. The van der Waals surface area contributed by atoms with Gasteiger partial charge in [-0.15, -0.1) is 0 Å². The highest BCUT2D eigenvalue weighted by atomic mass is 16.5. The molecule has 0 aliphatic rings. The van der Waals surface area contributed by atoms with Crippen molar-refractivity contribution >= 4 is 23.1 Å². The first kappa shape index (κ1) is 18.5. The number of ether oxygens (including phenoxy) is 2. The van der Waals surface area contributed by atoms with Crippen LogP contribution < -0.4 is 20.1 Å². The lowest BCUT2D eigenvalue weighted by Crippen LogP contribution is -2.03. The number of anilines is 4. The van der Waals surface area contributed by atoms with Gasteiger partial charge in [-0.2, -0.15) is 4.98 Å². The Labute approximate surface area is 159 Å². The Balaban J connectivity index is 1.84. The van der Waals surface area contributed by atoms with Crippen LogP contribution in [0.3, 0.4) is 0 Å². The third kappa shape index (κ3) is 4.47. The molecule has 2 aromatic carbocycles. The predicted octanol–water partition coefficient (Wildman–Crippen LogP) is 4.91. The summed E-state index contributed by atoms with van der Waals surface area (Å²) < 4.78 is 10.6. The average molecular weight is 364 g/mol. The molecule has 1 heterocycles. The molecule has 1 aromatic heterocycles. The van der Waals surface area contributed by atoms with E-state index in [-0.39, 0.29) is 0 Å². The van der Waals surface area contributed by atoms with Crippen molar-refractivity contribution in [3.63, 3.8) is 0 Å². The van der Waals surface area contributed by atoms with Crippen LogP contribution in [0.1, 0.15) is 16.8 Å². The minimum atomic E-state index is 0.508. The fraction of sp³-hybridized carbons (Fsp3) is 0.238. The average Bonchev–Trinajstić information content (AvgIpc) is 2.64. The van der Waals surface area contributed by atoms with Crippen LogP contribution in [0.4, 0.5) is 23.1 Å². The molecule has 0 aliphatic heterocycles. The van der Waals surface area contributed by atoms with E-state index in [9.17, 15) is 0 Å². The van der Waals surface area contributed by atoms with Gasteiger partial charge in [0, 0.05) is 29.2 Å². The van der Waals surface area contributed by atoms with E-state index in [2.05, 4.69) is 46.6 Å². The third-order valence-corrected chi connectivity index (χ3v) is 4.27. The fourth-order valence-corrected chi connectivity index (χ4v) is 2.70. The molecule has 0 unspecified atom stereocenters. The van der Waals surface area contributed by atoms with Crippen LogP contribution in [0.2, 0.25) is 0 Å². The molecule has 0 bridgehead atoms. The topological polar surface area (TPSA) is 68.3 Å². The smallest absolute Gasteiger partial charge is 0.229 e. The van der Waals surface area contributed by atoms with Crippen LogP contribution in [-0.2, 0) is 0 Å². The number of rotatable bonds is 6. The Kier molecular flexibility index (Phi) is 5.45. The molecule has 0 fully saturated rings. The van der Waals surface area contributed by atoms with E-state index in [1.54, 1.807) is 14.2 Å². The second kappa shape index (κ2) is 7.95. The SMILES string of the molecule is COc1ccc(Nc2nc(C)cc(Nc3ccc(C)c(C)c3)n2)cc1OC. The highest BCUT2D eigenvalue weighted by Gasteiger charge is 2.08. The van der Waals surface area contributed by atoms with Crippen molar-refractivity contribution in [1.82, 2.24) is 9.97 Å². The van der Waals surface area contributed by atoms with Crippen LogP contribution in [0.15, 0.2) is 42.5 Å². The van der Waals surface area contributed by atoms with Crippen LogP contribution in [0, 0.1) is 20.8 Å². The van der Waals surface area contributed by atoms with Gasteiger partial charge in [0.15, 0.2) is 11.5 Å². The maximum absolute atomic E-state index is 5.34. The Bertz CT molecular complexity index is 957. The minimum Gasteiger partial charge on any atom is -0.493 e. The zero-order chi connectivity index (χ0) is 19.4. The van der Waals surface area contributed by atoms with Gasteiger partial charge in [0.1, 0.15) is 5.82 Å². The summed E-state index contributed by atoms with van der Waals surface area (Å²) in [4.78, 5) is 9.04. The molecule has 3 rings (SSSR count). The first-order valence-corrected chi connectivity index (χ1v) is 8.67. The molecule has 0 aliphatic carbocycles. The highest BCUT2D eigenvalue weighted by molar-refractivity contribution is 5.63. The van der Waals surface area contributed by atoms with E-state index in [4.69, 9.17) is 9.47 Å². The van der Waals surface area contributed by atoms with Gasteiger partial charge in [-0.25, -0.2) is 4.98 Å². The second-order valence-corrected chi connectivity index (χ2v) is 6.34. The van der Waals surface area contributed by atoms with Crippen molar-refractivity contribution in [3.8, 4) is 11.5 Å². The summed E-state index contributed by atoms with van der Waals surface area (Å²) in [5, 5.41) is 6.56. The van der Waals surface area contributed by atoms with E-state index in [1.165, 1.54) is 11.1 Å². The number of hydrogen-bond acceptors (Lipinski definition) is 6. The number of aromatic nitrogens is 2. The Hall–Kier alpha value is -3.28.